The van der Waals surface area contributed by atoms with Crippen LogP contribution in [0.4, 0.5) is 18.9 Å². The van der Waals surface area contributed by atoms with E-state index in [1.807, 2.05) is 0 Å². The van der Waals surface area contributed by atoms with Gasteiger partial charge in [-0.05, 0) is 44.5 Å². The minimum atomic E-state index is -4.73. The Morgan fingerprint density at radius 1 is 1.21 bits per heavy atom. The summed E-state index contributed by atoms with van der Waals surface area (Å²) in [5.74, 6) is 0.0725. The number of pyridine rings is 1. The first-order valence-electron chi connectivity index (χ1n) is 10.6. The number of hydrogen-bond acceptors (Lipinski definition) is 7. The number of H-pyrrole nitrogens is 1. The van der Waals surface area contributed by atoms with Crippen LogP contribution in [-0.4, -0.2) is 43.8 Å². The Hall–Kier alpha value is -3.54. The van der Waals surface area contributed by atoms with Gasteiger partial charge in [-0.2, -0.15) is 13.2 Å². The first-order valence-corrected chi connectivity index (χ1v) is 11.4. The second-order valence-electron chi connectivity index (χ2n) is 8.16. The topological polar surface area (TPSA) is 104 Å². The molecule has 8 nitrogen and oxygen atoms in total. The average molecular weight is 488 g/mol. The van der Waals surface area contributed by atoms with Crippen LogP contribution < -0.4 is 10.9 Å². The Kier molecular flexibility index (Phi) is 5.27. The Labute approximate surface area is 194 Å². The van der Waals surface area contributed by atoms with Crippen LogP contribution in [0, 0.1) is 6.92 Å². The molecule has 4 aromatic rings. The van der Waals surface area contributed by atoms with E-state index < -0.39 is 23.5 Å². The summed E-state index contributed by atoms with van der Waals surface area (Å²) >= 11 is 1.24. The normalized spacial score (nSPS) is 14.9. The maximum absolute atomic E-state index is 13.8. The smallest absolute Gasteiger partial charge is 0.378 e. The van der Waals surface area contributed by atoms with E-state index in [0.29, 0.717) is 16.2 Å². The second kappa shape index (κ2) is 8.05. The molecule has 34 heavy (non-hydrogen) atoms. The molecular formula is C22H19F3N6O2S. The van der Waals surface area contributed by atoms with Gasteiger partial charge in [0.1, 0.15) is 5.82 Å². The molecule has 4 heterocycles. The van der Waals surface area contributed by atoms with E-state index in [9.17, 15) is 22.8 Å². The van der Waals surface area contributed by atoms with E-state index in [0.717, 1.165) is 24.2 Å². The molecule has 176 valence electrons. The standard InChI is InChI=1S/C22H19F3N6O2S/c1-10(13-9-14-18(27-11(2)28-19(14)32)30-17(13)22(23,24)25)26-12-4-5-15-16(8-12)34-20(29-15)21(33)31-6-3-7-31/h4-5,8-10,26H,3,6-7H2,1-2H3,(H,27,28,30,32). The largest absolute Gasteiger partial charge is 0.433 e. The average Bonchev–Trinajstić information content (AvgIpc) is 3.14. The number of carbonyl (C=O) groups excluding carboxylic acids is 1. The van der Waals surface area contributed by atoms with Crippen molar-refractivity contribution < 1.29 is 18.0 Å². The molecule has 1 aliphatic heterocycles. The van der Waals surface area contributed by atoms with Crippen LogP contribution in [0.25, 0.3) is 21.3 Å². The summed E-state index contributed by atoms with van der Waals surface area (Å²) in [6, 6.07) is 5.51. The van der Waals surface area contributed by atoms with Gasteiger partial charge in [-0.1, -0.05) is 0 Å². The Bertz CT molecular complexity index is 1490. The number of fused-ring (bicyclic) bond motifs is 2. The fourth-order valence-corrected chi connectivity index (χ4v) is 4.81. The van der Waals surface area contributed by atoms with Crippen molar-refractivity contribution in [1.82, 2.24) is 24.8 Å². The number of likely N-dealkylation sites (tertiary alicyclic amines) is 1. The van der Waals surface area contributed by atoms with Crippen molar-refractivity contribution in [3.8, 4) is 0 Å². The number of amides is 1. The number of nitrogens with one attached hydrogen (secondary N) is 2. The summed E-state index contributed by atoms with van der Waals surface area (Å²) in [5.41, 5.74) is -0.884. The van der Waals surface area contributed by atoms with Gasteiger partial charge >= 0.3 is 6.18 Å². The van der Waals surface area contributed by atoms with Crippen LogP contribution in [0.1, 0.15) is 46.3 Å². The van der Waals surface area contributed by atoms with Gasteiger partial charge in [0.25, 0.3) is 11.5 Å². The zero-order chi connectivity index (χ0) is 24.2. The molecule has 1 aliphatic rings. The number of anilines is 1. The van der Waals surface area contributed by atoms with Crippen LogP contribution >= 0.6 is 11.3 Å². The molecule has 0 saturated carbocycles. The van der Waals surface area contributed by atoms with Crippen molar-refractivity contribution in [3.05, 3.63) is 56.7 Å². The zero-order valence-corrected chi connectivity index (χ0v) is 19.0. The lowest BCUT2D eigenvalue weighted by molar-refractivity contribution is -0.141. The van der Waals surface area contributed by atoms with E-state index in [4.69, 9.17) is 0 Å². The highest BCUT2D eigenvalue weighted by Crippen LogP contribution is 2.36. The predicted molar refractivity (Wildman–Crippen MR) is 122 cm³/mol. The van der Waals surface area contributed by atoms with Crippen LogP contribution in [0.5, 0.6) is 0 Å². The van der Waals surface area contributed by atoms with E-state index in [-0.39, 0.29) is 28.3 Å². The number of alkyl halides is 3. The number of aromatic amines is 1. The van der Waals surface area contributed by atoms with Gasteiger partial charge in [0.2, 0.25) is 0 Å². The van der Waals surface area contributed by atoms with Gasteiger partial charge in [0.15, 0.2) is 16.3 Å². The third-order valence-electron chi connectivity index (χ3n) is 5.68. The van der Waals surface area contributed by atoms with E-state index in [2.05, 4.69) is 25.3 Å². The number of hydrogen-bond donors (Lipinski definition) is 2. The van der Waals surface area contributed by atoms with Crippen molar-refractivity contribution in [1.29, 1.82) is 0 Å². The Morgan fingerprint density at radius 2 is 1.97 bits per heavy atom. The second-order valence-corrected chi connectivity index (χ2v) is 9.19. The lowest BCUT2D eigenvalue weighted by atomic mass is 10.0. The molecule has 0 radical (unpaired) electrons. The molecule has 1 aromatic carbocycles. The molecule has 0 bridgehead atoms. The summed E-state index contributed by atoms with van der Waals surface area (Å²) in [5, 5.41) is 3.42. The maximum Gasteiger partial charge on any atom is 0.433 e. The molecule has 1 fully saturated rings. The van der Waals surface area contributed by atoms with Crippen molar-refractivity contribution in [2.75, 3.05) is 18.4 Å². The van der Waals surface area contributed by atoms with E-state index >= 15 is 0 Å². The number of benzene rings is 1. The summed E-state index contributed by atoms with van der Waals surface area (Å²) in [7, 11) is 0. The summed E-state index contributed by atoms with van der Waals surface area (Å²) in [4.78, 5) is 41.0. The van der Waals surface area contributed by atoms with Crippen LogP contribution in [0.2, 0.25) is 0 Å². The van der Waals surface area contributed by atoms with E-state index in [1.54, 1.807) is 30.0 Å². The number of rotatable bonds is 4. The number of aromatic nitrogens is 4. The Balaban J connectivity index is 1.49. The van der Waals surface area contributed by atoms with Crippen LogP contribution in [-0.2, 0) is 6.18 Å². The van der Waals surface area contributed by atoms with Gasteiger partial charge in [-0.15, -0.1) is 11.3 Å². The quantitative estimate of drug-likeness (QED) is 0.445. The molecule has 1 amide bonds. The highest BCUT2D eigenvalue weighted by atomic mass is 32.1. The van der Waals surface area contributed by atoms with Gasteiger partial charge in [-0.25, -0.2) is 15.0 Å². The number of nitrogens with zero attached hydrogens (tertiary/aromatic N) is 4. The highest BCUT2D eigenvalue weighted by molar-refractivity contribution is 7.20. The lowest BCUT2D eigenvalue weighted by Gasteiger charge is -2.29. The van der Waals surface area contributed by atoms with Gasteiger partial charge in [0.05, 0.1) is 21.6 Å². The molecular weight excluding hydrogens is 469 g/mol. The fraction of sp³-hybridized carbons (Fsp3) is 0.318. The summed E-state index contributed by atoms with van der Waals surface area (Å²) in [6.07, 6.45) is -3.75. The molecule has 12 heteroatoms. The third-order valence-corrected chi connectivity index (χ3v) is 6.68. The molecule has 1 saturated heterocycles. The van der Waals surface area contributed by atoms with E-state index in [1.165, 1.54) is 24.3 Å². The predicted octanol–water partition coefficient (Wildman–Crippen LogP) is 4.27. The summed E-state index contributed by atoms with van der Waals surface area (Å²) in [6.45, 7) is 4.48. The van der Waals surface area contributed by atoms with Crippen molar-refractivity contribution in [3.63, 3.8) is 0 Å². The van der Waals surface area contributed by atoms with Crippen LogP contribution in [0.3, 0.4) is 0 Å². The first kappa shape index (κ1) is 22.3. The monoisotopic (exact) mass is 488 g/mol. The molecule has 2 N–H and O–H groups in total. The molecule has 3 aromatic heterocycles. The fourth-order valence-electron chi connectivity index (χ4n) is 3.84. The van der Waals surface area contributed by atoms with Gasteiger partial charge < -0.3 is 15.2 Å². The first-order chi connectivity index (χ1) is 16.1. The minimum Gasteiger partial charge on any atom is -0.378 e. The van der Waals surface area contributed by atoms with Crippen molar-refractivity contribution in [2.45, 2.75) is 32.5 Å². The van der Waals surface area contributed by atoms with Crippen molar-refractivity contribution >= 4 is 44.2 Å². The number of aryl methyl sites for hydroxylation is 1. The zero-order valence-electron chi connectivity index (χ0n) is 18.2. The van der Waals surface area contributed by atoms with Gasteiger partial charge in [0, 0.05) is 24.3 Å². The highest BCUT2D eigenvalue weighted by Gasteiger charge is 2.37. The molecule has 0 spiro atoms. The number of halogens is 3. The third kappa shape index (κ3) is 3.98. The molecule has 5 rings (SSSR count). The SMILES string of the molecule is Cc1nc2nc(C(F)(F)F)c(C(C)Nc3ccc4nc(C(=O)N5CCC5)sc4c3)cc2c(=O)[nH]1. The van der Waals surface area contributed by atoms with Crippen LogP contribution in [0.15, 0.2) is 29.1 Å². The number of thiazole rings is 1. The number of carbonyl (C=O) groups is 1. The maximum atomic E-state index is 13.8. The molecule has 0 aliphatic carbocycles. The lowest BCUT2D eigenvalue weighted by Crippen LogP contribution is -2.41. The molecule has 1 atom stereocenters. The van der Waals surface area contributed by atoms with Gasteiger partial charge in [-0.3, -0.25) is 9.59 Å². The molecule has 1 unspecified atom stereocenters. The Morgan fingerprint density at radius 3 is 2.65 bits per heavy atom. The van der Waals surface area contributed by atoms with Crippen molar-refractivity contribution in [2.24, 2.45) is 0 Å². The summed E-state index contributed by atoms with van der Waals surface area (Å²) < 4.78 is 42.2. The minimum absolute atomic E-state index is 0.0192.